The minimum Gasteiger partial charge on any atom is -0.394 e. The van der Waals surface area contributed by atoms with E-state index >= 15 is 0 Å². The van der Waals surface area contributed by atoms with Gasteiger partial charge in [-0.05, 0) is 6.42 Å². The summed E-state index contributed by atoms with van der Waals surface area (Å²) in [6.07, 6.45) is -26.1. The van der Waals surface area contributed by atoms with E-state index in [1.807, 2.05) is 0 Å². The number of hydroxylamine groups is 2. The molecule has 0 aromatic heterocycles. The van der Waals surface area contributed by atoms with Crippen LogP contribution >= 0.6 is 0 Å². The van der Waals surface area contributed by atoms with Gasteiger partial charge in [0, 0.05) is 32.2 Å². The number of aliphatic hydroxyl groups is 10. The summed E-state index contributed by atoms with van der Waals surface area (Å²) in [5.74, 6) is -2.69. The summed E-state index contributed by atoms with van der Waals surface area (Å²) in [7, 11) is 0. The van der Waals surface area contributed by atoms with Crippen LogP contribution < -0.4 is 5.32 Å². The molecular formula is C29H46N2O21. The summed E-state index contributed by atoms with van der Waals surface area (Å²) < 4.78 is 32.9. The maximum Gasteiger partial charge on any atom is 0.333 e. The summed E-state index contributed by atoms with van der Waals surface area (Å²) in [5, 5.41) is 105. The highest BCUT2D eigenvalue weighted by Crippen LogP contribution is 2.31. The molecule has 4 heterocycles. The van der Waals surface area contributed by atoms with E-state index in [0.717, 1.165) is 0 Å². The van der Waals surface area contributed by atoms with Crippen LogP contribution in [-0.4, -0.2) is 205 Å². The third kappa shape index (κ3) is 10.1. The van der Waals surface area contributed by atoms with Crippen LogP contribution in [0.2, 0.25) is 0 Å². The molecule has 0 aromatic rings. The topological polar surface area (TPSA) is 350 Å². The molecule has 298 valence electrons. The van der Waals surface area contributed by atoms with E-state index in [4.69, 9.17) is 33.3 Å². The van der Waals surface area contributed by atoms with E-state index in [2.05, 4.69) is 5.32 Å². The first-order valence-electron chi connectivity index (χ1n) is 16.5. The van der Waals surface area contributed by atoms with Gasteiger partial charge in [-0.2, -0.15) is 0 Å². The second kappa shape index (κ2) is 19.2. The number of nitrogens with zero attached hydrogens (tertiary/aromatic N) is 1. The number of amides is 3. The number of hydrogen-bond acceptors (Lipinski definition) is 21. The summed E-state index contributed by atoms with van der Waals surface area (Å²) in [5.41, 5.74) is 0. The zero-order valence-electron chi connectivity index (χ0n) is 27.6. The van der Waals surface area contributed by atoms with Gasteiger partial charge in [-0.25, -0.2) is 4.79 Å². The average Bonchev–Trinajstić information content (AvgIpc) is 3.43. The lowest BCUT2D eigenvalue weighted by Gasteiger charge is -2.46. The number of carbonyl (C=O) groups is 4. The van der Waals surface area contributed by atoms with Crippen LogP contribution in [0.25, 0.3) is 0 Å². The largest absolute Gasteiger partial charge is 0.394 e. The second-order valence-corrected chi connectivity index (χ2v) is 12.5. The Labute approximate surface area is 295 Å². The molecule has 0 aromatic carbocycles. The molecule has 4 saturated heterocycles. The monoisotopic (exact) mass is 758 g/mol. The van der Waals surface area contributed by atoms with Gasteiger partial charge >= 0.3 is 5.97 Å². The fourth-order valence-electron chi connectivity index (χ4n) is 5.72. The molecule has 4 fully saturated rings. The van der Waals surface area contributed by atoms with Gasteiger partial charge in [0.25, 0.3) is 11.8 Å². The molecular weight excluding hydrogens is 712 g/mol. The van der Waals surface area contributed by atoms with E-state index in [1.165, 1.54) is 0 Å². The van der Waals surface area contributed by atoms with Gasteiger partial charge in [-0.15, -0.1) is 5.06 Å². The van der Waals surface area contributed by atoms with Crippen LogP contribution in [0.3, 0.4) is 0 Å². The van der Waals surface area contributed by atoms with Gasteiger partial charge < -0.3 is 89.6 Å². The normalized spacial score (nSPS) is 39.8. The Morgan fingerprint density at radius 2 is 1.21 bits per heavy atom. The molecule has 23 heteroatoms. The molecule has 15 atom stereocenters. The van der Waals surface area contributed by atoms with Crippen molar-refractivity contribution in [3.8, 4) is 0 Å². The van der Waals surface area contributed by atoms with Gasteiger partial charge in [0.1, 0.15) is 73.2 Å². The minimum absolute atomic E-state index is 0.0111. The van der Waals surface area contributed by atoms with Gasteiger partial charge in [0.05, 0.1) is 26.4 Å². The smallest absolute Gasteiger partial charge is 0.333 e. The van der Waals surface area contributed by atoms with Crippen molar-refractivity contribution in [1.29, 1.82) is 0 Å². The maximum atomic E-state index is 12.3. The SMILES string of the molecule is O=C(CCCC(=O)ON1C(=O)CCC1=O)NCCO[C@@H]1O[C@H](CO[C@H]2O[C@H](CO)[C@@H](O)[C@H](O)[C@@H]2O)[C@@H](O)[C@H](O[C@H]2O[C@H](CO)[C@@H](O)[C@H](O)[C@@H]2O)[C@@H]1O. The Kier molecular flexibility index (Phi) is 15.5. The number of rotatable bonds is 16. The molecule has 23 nitrogen and oxygen atoms in total. The highest BCUT2D eigenvalue weighted by Gasteiger charge is 2.52. The Morgan fingerprint density at radius 3 is 1.81 bits per heavy atom. The molecule has 11 N–H and O–H groups in total. The quantitative estimate of drug-likeness (QED) is 0.0514. The van der Waals surface area contributed by atoms with Gasteiger partial charge in [-0.3, -0.25) is 14.4 Å². The number of ether oxygens (including phenoxy) is 6. The van der Waals surface area contributed by atoms with Gasteiger partial charge in [0.15, 0.2) is 18.9 Å². The lowest BCUT2D eigenvalue weighted by Crippen LogP contribution is -2.65. The number of imide groups is 1. The number of hydrogen-bond donors (Lipinski definition) is 11. The Bertz CT molecular complexity index is 1190. The van der Waals surface area contributed by atoms with Crippen LogP contribution in [0.5, 0.6) is 0 Å². The molecule has 0 unspecified atom stereocenters. The summed E-state index contributed by atoms with van der Waals surface area (Å²) in [6, 6.07) is 0. The molecule has 4 rings (SSSR count). The van der Waals surface area contributed by atoms with Crippen molar-refractivity contribution in [3.63, 3.8) is 0 Å². The summed E-state index contributed by atoms with van der Waals surface area (Å²) >= 11 is 0. The van der Waals surface area contributed by atoms with E-state index in [9.17, 15) is 70.2 Å². The fraction of sp³-hybridized carbons (Fsp3) is 0.862. The van der Waals surface area contributed by atoms with Crippen LogP contribution in [0.1, 0.15) is 32.1 Å². The zero-order valence-corrected chi connectivity index (χ0v) is 27.6. The van der Waals surface area contributed by atoms with Crippen molar-refractivity contribution < 1.29 is 104 Å². The Hall–Kier alpha value is -2.56. The average molecular weight is 759 g/mol. The predicted octanol–water partition coefficient (Wildman–Crippen LogP) is -7.65. The first-order valence-corrected chi connectivity index (χ1v) is 16.5. The zero-order chi connectivity index (χ0) is 38.3. The van der Waals surface area contributed by atoms with Crippen LogP contribution in [0.15, 0.2) is 0 Å². The highest BCUT2D eigenvalue weighted by molar-refractivity contribution is 6.01. The standard InChI is InChI=1S/C29H46N2O21/c32-8-11-18(38)21(41)23(43)27(48-11)47-10-13-20(40)26(51-29-24(44)22(42)19(39)12(9-33)49-29)25(45)28(50-13)46-7-6-30-14(34)2-1-3-17(37)52-31-15(35)4-5-16(31)36/h11-13,18-29,32-33,38-45H,1-10H2,(H,30,34)/t11-,12-,13-,18-,19-,20-,21+,22+,23+,24+,25+,26+,27+,28-,29-/m1/s1. The van der Waals surface area contributed by atoms with Gasteiger partial charge in [-0.1, -0.05) is 0 Å². The van der Waals surface area contributed by atoms with Crippen LogP contribution in [-0.2, 0) is 52.4 Å². The van der Waals surface area contributed by atoms with Crippen LogP contribution in [0.4, 0.5) is 0 Å². The van der Waals surface area contributed by atoms with Crippen molar-refractivity contribution in [2.45, 2.75) is 124 Å². The predicted molar refractivity (Wildman–Crippen MR) is 159 cm³/mol. The van der Waals surface area contributed by atoms with Crippen molar-refractivity contribution in [3.05, 3.63) is 0 Å². The molecule has 52 heavy (non-hydrogen) atoms. The van der Waals surface area contributed by atoms with Crippen LogP contribution in [0, 0.1) is 0 Å². The molecule has 0 aliphatic carbocycles. The van der Waals surface area contributed by atoms with Crippen molar-refractivity contribution in [1.82, 2.24) is 10.4 Å². The maximum absolute atomic E-state index is 12.3. The highest BCUT2D eigenvalue weighted by atomic mass is 16.8. The third-order valence-electron chi connectivity index (χ3n) is 8.74. The van der Waals surface area contributed by atoms with E-state index in [0.29, 0.717) is 5.06 Å². The lowest BCUT2D eigenvalue weighted by atomic mass is 9.96. The molecule has 0 bridgehead atoms. The first kappa shape index (κ1) is 42.2. The molecule has 3 amide bonds. The fourth-order valence-corrected chi connectivity index (χ4v) is 5.72. The first-order chi connectivity index (χ1) is 24.7. The van der Waals surface area contributed by atoms with E-state index < -0.39 is 136 Å². The summed E-state index contributed by atoms with van der Waals surface area (Å²) in [6.45, 7) is -2.71. The third-order valence-corrected chi connectivity index (χ3v) is 8.74. The van der Waals surface area contributed by atoms with Crippen molar-refractivity contribution in [2.24, 2.45) is 0 Å². The van der Waals surface area contributed by atoms with Crippen molar-refractivity contribution >= 4 is 23.7 Å². The number of aliphatic hydroxyl groups excluding tert-OH is 10. The van der Waals surface area contributed by atoms with E-state index in [-0.39, 0.29) is 45.3 Å². The molecule has 4 aliphatic heterocycles. The van der Waals surface area contributed by atoms with Gasteiger partial charge in [0.2, 0.25) is 5.91 Å². The molecule has 0 spiro atoms. The summed E-state index contributed by atoms with van der Waals surface area (Å²) in [4.78, 5) is 52.1. The number of nitrogens with one attached hydrogen (secondary N) is 1. The molecule has 4 aliphatic rings. The minimum atomic E-state index is -1.93. The molecule has 0 saturated carbocycles. The van der Waals surface area contributed by atoms with Crippen molar-refractivity contribution in [2.75, 3.05) is 33.0 Å². The second-order valence-electron chi connectivity index (χ2n) is 12.5. The number of carbonyl (C=O) groups excluding carboxylic acids is 4. The Balaban J connectivity index is 1.33. The lowest BCUT2D eigenvalue weighted by molar-refractivity contribution is -0.366. The van der Waals surface area contributed by atoms with E-state index in [1.54, 1.807) is 0 Å². The Morgan fingerprint density at radius 1 is 0.673 bits per heavy atom. The molecule has 0 radical (unpaired) electrons.